The number of halogens is 1. The highest BCUT2D eigenvalue weighted by molar-refractivity contribution is 5.67. The molecule has 0 unspecified atom stereocenters. The second-order valence-corrected chi connectivity index (χ2v) is 8.45. The van der Waals surface area contributed by atoms with E-state index in [0.29, 0.717) is 17.0 Å². The fraction of sp³-hybridized carbons (Fsp3) is 0.292. The van der Waals surface area contributed by atoms with Crippen LogP contribution in [0.5, 0.6) is 5.75 Å². The third-order valence-corrected chi connectivity index (χ3v) is 5.89. The number of phenols is 1. The molecule has 4 aromatic rings. The first-order valence-corrected chi connectivity index (χ1v) is 10.5. The number of aromatic nitrogens is 4. The van der Waals surface area contributed by atoms with Gasteiger partial charge in [-0.3, -0.25) is 4.98 Å². The van der Waals surface area contributed by atoms with E-state index in [0.717, 1.165) is 41.9 Å². The number of fused-ring (bicyclic) bond motifs is 2. The Morgan fingerprint density at radius 2 is 2.00 bits per heavy atom. The lowest BCUT2D eigenvalue weighted by Crippen LogP contribution is -2.28. The maximum atomic E-state index is 13.8. The number of nitrogens with one attached hydrogen (secondary N) is 1. The van der Waals surface area contributed by atoms with Gasteiger partial charge < -0.3 is 10.4 Å². The molecule has 5 rings (SSSR count). The number of anilines is 1. The molecule has 1 aromatic carbocycles. The molecule has 1 aliphatic carbocycles. The Morgan fingerprint density at radius 3 is 2.81 bits per heavy atom. The number of aryl methyl sites for hydroxylation is 1. The van der Waals surface area contributed by atoms with Crippen molar-refractivity contribution in [2.24, 2.45) is 0 Å². The number of nitrogens with zero attached hydrogens (tertiary/aromatic N) is 4. The Kier molecular flexibility index (Phi) is 4.81. The van der Waals surface area contributed by atoms with Gasteiger partial charge in [0.05, 0.1) is 18.1 Å². The third kappa shape index (κ3) is 3.71. The molecule has 158 valence electrons. The topological polar surface area (TPSA) is 75.3 Å². The predicted molar refractivity (Wildman–Crippen MR) is 118 cm³/mol. The Morgan fingerprint density at radius 1 is 1.13 bits per heavy atom. The number of aromatic hydroxyl groups is 1. The minimum atomic E-state index is -0.394. The van der Waals surface area contributed by atoms with E-state index < -0.39 is 5.82 Å². The van der Waals surface area contributed by atoms with E-state index in [9.17, 15) is 9.50 Å². The van der Waals surface area contributed by atoms with Gasteiger partial charge in [0.25, 0.3) is 0 Å². The van der Waals surface area contributed by atoms with E-state index in [1.165, 1.54) is 17.8 Å². The zero-order valence-corrected chi connectivity index (χ0v) is 17.5. The summed E-state index contributed by atoms with van der Waals surface area (Å²) in [6.07, 6.45) is 7.38. The van der Waals surface area contributed by atoms with Crippen molar-refractivity contribution in [1.82, 2.24) is 19.6 Å². The molecule has 6 nitrogen and oxygen atoms in total. The molecular weight excluding hydrogens is 393 g/mol. The Labute approximate surface area is 179 Å². The summed E-state index contributed by atoms with van der Waals surface area (Å²) in [7, 11) is 0. The van der Waals surface area contributed by atoms with Crippen molar-refractivity contribution in [2.75, 3.05) is 5.32 Å². The highest BCUT2D eigenvalue weighted by Gasteiger charge is 2.22. The fourth-order valence-corrected chi connectivity index (χ4v) is 4.27. The van der Waals surface area contributed by atoms with Crippen LogP contribution in [0, 0.1) is 5.82 Å². The van der Waals surface area contributed by atoms with Crippen molar-refractivity contribution in [3.8, 4) is 17.0 Å². The molecule has 0 spiro atoms. The summed E-state index contributed by atoms with van der Waals surface area (Å²) in [6.45, 7) is 4.21. The minimum absolute atomic E-state index is 0.185. The first-order chi connectivity index (χ1) is 15.0. The normalized spacial score (nSPS) is 15.9. The third-order valence-electron chi connectivity index (χ3n) is 5.89. The standard InChI is InChI=1S/C24H24FN5O/c1-14(2)21-13-27-30-23(10-22(29-24(21)30)17-7-18(25)12-26-11-17)28-19-5-3-15-4-6-20(31)9-16(15)8-19/h4,6-7,9-14,19,28,31H,3,5,8H2,1-2H3/t19-/m0/s1. The SMILES string of the molecule is CC(C)c1cnn2c(N[C@H]3CCc4ccc(O)cc4C3)cc(-c3cncc(F)c3)nc12. The summed E-state index contributed by atoms with van der Waals surface area (Å²) in [5, 5.41) is 18.1. The summed E-state index contributed by atoms with van der Waals surface area (Å²) in [5.74, 6) is 0.961. The van der Waals surface area contributed by atoms with E-state index in [1.807, 2.05) is 28.9 Å². The molecule has 0 saturated heterocycles. The largest absolute Gasteiger partial charge is 0.508 e. The minimum Gasteiger partial charge on any atom is -0.508 e. The van der Waals surface area contributed by atoms with Crippen LogP contribution in [0.15, 0.2) is 48.9 Å². The van der Waals surface area contributed by atoms with E-state index in [2.05, 4.69) is 29.2 Å². The van der Waals surface area contributed by atoms with E-state index in [4.69, 9.17) is 4.98 Å². The summed E-state index contributed by atoms with van der Waals surface area (Å²) < 4.78 is 15.6. The molecule has 0 saturated carbocycles. The van der Waals surface area contributed by atoms with Gasteiger partial charge in [0.2, 0.25) is 0 Å². The quantitative estimate of drug-likeness (QED) is 0.502. The van der Waals surface area contributed by atoms with Gasteiger partial charge in [0, 0.05) is 29.4 Å². The molecule has 0 radical (unpaired) electrons. The highest BCUT2D eigenvalue weighted by atomic mass is 19.1. The van der Waals surface area contributed by atoms with Gasteiger partial charge in [-0.05, 0) is 54.5 Å². The molecule has 1 aliphatic rings. The Balaban J connectivity index is 1.56. The average Bonchev–Trinajstić information content (AvgIpc) is 3.18. The van der Waals surface area contributed by atoms with E-state index in [-0.39, 0.29) is 12.0 Å². The summed E-state index contributed by atoms with van der Waals surface area (Å²) >= 11 is 0. The molecule has 7 heteroatoms. The van der Waals surface area contributed by atoms with Crippen molar-refractivity contribution in [3.63, 3.8) is 0 Å². The second kappa shape index (κ2) is 7.65. The van der Waals surface area contributed by atoms with E-state index >= 15 is 0 Å². The molecule has 1 atom stereocenters. The lowest BCUT2D eigenvalue weighted by Gasteiger charge is -2.26. The van der Waals surface area contributed by atoms with Crippen LogP contribution in [0.2, 0.25) is 0 Å². The summed E-state index contributed by atoms with van der Waals surface area (Å²) in [6, 6.07) is 9.13. The molecule has 0 bridgehead atoms. The van der Waals surface area contributed by atoms with Crippen LogP contribution in [0.1, 0.15) is 42.9 Å². The molecule has 31 heavy (non-hydrogen) atoms. The lowest BCUT2D eigenvalue weighted by atomic mass is 9.88. The molecule has 3 aromatic heterocycles. The summed E-state index contributed by atoms with van der Waals surface area (Å²) in [5.41, 5.74) is 5.51. The number of rotatable bonds is 4. The number of pyridine rings is 1. The number of hydrogen-bond acceptors (Lipinski definition) is 5. The van der Waals surface area contributed by atoms with Crippen LogP contribution in [0.3, 0.4) is 0 Å². The number of phenolic OH excluding ortho intramolecular Hbond substituents is 1. The van der Waals surface area contributed by atoms with Gasteiger partial charge in [0.1, 0.15) is 17.4 Å². The number of hydrogen-bond donors (Lipinski definition) is 2. The van der Waals surface area contributed by atoms with Gasteiger partial charge in [0.15, 0.2) is 5.65 Å². The van der Waals surface area contributed by atoms with E-state index in [1.54, 1.807) is 12.3 Å². The van der Waals surface area contributed by atoms with Crippen LogP contribution in [-0.2, 0) is 12.8 Å². The number of benzene rings is 1. The average molecular weight is 417 g/mol. The smallest absolute Gasteiger partial charge is 0.161 e. The maximum Gasteiger partial charge on any atom is 0.161 e. The first-order valence-electron chi connectivity index (χ1n) is 10.5. The Hall–Kier alpha value is -3.48. The molecular formula is C24H24FN5O. The summed E-state index contributed by atoms with van der Waals surface area (Å²) in [4.78, 5) is 8.77. The lowest BCUT2D eigenvalue weighted by molar-refractivity contribution is 0.472. The molecule has 0 fully saturated rings. The van der Waals surface area contributed by atoms with Crippen molar-refractivity contribution < 1.29 is 9.50 Å². The predicted octanol–water partition coefficient (Wildman–Crippen LogP) is 4.73. The molecule has 0 aliphatic heterocycles. The van der Waals surface area contributed by atoms with Gasteiger partial charge in [-0.25, -0.2) is 9.37 Å². The molecule has 2 N–H and O–H groups in total. The van der Waals surface area contributed by atoms with Gasteiger partial charge in [-0.15, -0.1) is 0 Å². The van der Waals surface area contributed by atoms with Crippen LogP contribution < -0.4 is 5.32 Å². The van der Waals surface area contributed by atoms with Gasteiger partial charge in [-0.1, -0.05) is 19.9 Å². The van der Waals surface area contributed by atoms with Crippen LogP contribution >= 0.6 is 0 Å². The molecule has 3 heterocycles. The van der Waals surface area contributed by atoms with Crippen LogP contribution in [0.4, 0.5) is 10.2 Å². The van der Waals surface area contributed by atoms with Gasteiger partial charge in [-0.2, -0.15) is 9.61 Å². The second-order valence-electron chi connectivity index (χ2n) is 8.45. The highest BCUT2D eigenvalue weighted by Crippen LogP contribution is 2.30. The van der Waals surface area contributed by atoms with Crippen molar-refractivity contribution in [1.29, 1.82) is 0 Å². The zero-order chi connectivity index (χ0) is 21.5. The van der Waals surface area contributed by atoms with Crippen LogP contribution in [0.25, 0.3) is 16.9 Å². The van der Waals surface area contributed by atoms with Gasteiger partial charge >= 0.3 is 0 Å². The Bertz CT molecular complexity index is 1270. The zero-order valence-electron chi connectivity index (χ0n) is 17.5. The maximum absolute atomic E-state index is 13.8. The van der Waals surface area contributed by atoms with Crippen molar-refractivity contribution in [2.45, 2.75) is 45.1 Å². The van der Waals surface area contributed by atoms with Crippen molar-refractivity contribution in [3.05, 3.63) is 71.4 Å². The van der Waals surface area contributed by atoms with Crippen LogP contribution in [-0.4, -0.2) is 30.7 Å². The fourth-order valence-electron chi connectivity index (χ4n) is 4.27. The monoisotopic (exact) mass is 417 g/mol. The van der Waals surface area contributed by atoms with Crippen molar-refractivity contribution >= 4 is 11.5 Å². The molecule has 0 amide bonds. The first kappa shape index (κ1) is 19.5.